The van der Waals surface area contributed by atoms with Crippen LogP contribution in [-0.4, -0.2) is 40.2 Å². The van der Waals surface area contributed by atoms with Crippen LogP contribution in [0.1, 0.15) is 24.1 Å². The average molecular weight is 449 g/mol. The lowest BCUT2D eigenvalue weighted by molar-refractivity contribution is -0.120. The summed E-state index contributed by atoms with van der Waals surface area (Å²) >= 11 is 0. The smallest absolute Gasteiger partial charge is 0.231 e. The molecule has 1 unspecified atom stereocenters. The molecule has 1 aliphatic heterocycles. The quantitative estimate of drug-likeness (QED) is 0.548. The van der Waals surface area contributed by atoms with Crippen LogP contribution >= 0.6 is 0 Å². The van der Waals surface area contributed by atoms with Gasteiger partial charge in [-0.3, -0.25) is 9.78 Å². The molecule has 3 aromatic rings. The molecule has 0 saturated heterocycles. The lowest BCUT2D eigenvalue weighted by Gasteiger charge is -2.15. The van der Waals surface area contributed by atoms with Crippen molar-refractivity contribution in [2.24, 2.45) is 0 Å². The minimum atomic E-state index is -1.16. The summed E-state index contributed by atoms with van der Waals surface area (Å²) in [6, 6.07) is 17.3. The number of ketones is 1. The number of ether oxygens (including phenoxy) is 2. The van der Waals surface area contributed by atoms with Crippen molar-refractivity contribution >= 4 is 16.8 Å². The van der Waals surface area contributed by atoms with E-state index in [1.165, 1.54) is 0 Å². The van der Waals surface area contributed by atoms with Crippen molar-refractivity contribution in [1.82, 2.24) is 9.29 Å². The second kappa shape index (κ2) is 8.15. The number of nitrogens with zero attached hydrogens (tertiary/aromatic N) is 2. The molecule has 1 aliphatic carbocycles. The summed E-state index contributed by atoms with van der Waals surface area (Å²) in [6.45, 7) is 0.228. The van der Waals surface area contributed by atoms with Gasteiger partial charge < -0.3 is 9.47 Å². The van der Waals surface area contributed by atoms with E-state index < -0.39 is 16.4 Å². The molecule has 32 heavy (non-hydrogen) atoms. The van der Waals surface area contributed by atoms with Crippen molar-refractivity contribution in [2.45, 2.75) is 29.6 Å². The van der Waals surface area contributed by atoms with Crippen molar-refractivity contribution in [2.75, 3.05) is 20.9 Å². The highest BCUT2D eigenvalue weighted by atomic mass is 32.2. The van der Waals surface area contributed by atoms with Gasteiger partial charge in [-0.1, -0.05) is 24.3 Å². The second-order valence-electron chi connectivity index (χ2n) is 8.37. The van der Waals surface area contributed by atoms with Gasteiger partial charge in [0.2, 0.25) is 6.79 Å². The molecule has 6 nitrogen and oxygen atoms in total. The van der Waals surface area contributed by atoms with Crippen LogP contribution in [0.3, 0.4) is 0 Å². The number of benzene rings is 2. The van der Waals surface area contributed by atoms with E-state index in [0.29, 0.717) is 12.2 Å². The predicted molar refractivity (Wildman–Crippen MR) is 122 cm³/mol. The fourth-order valence-electron chi connectivity index (χ4n) is 4.06. The Balaban J connectivity index is 1.29. The van der Waals surface area contributed by atoms with Crippen molar-refractivity contribution < 1.29 is 18.5 Å². The monoisotopic (exact) mass is 448 g/mol. The molecule has 2 aliphatic rings. The molecule has 2 aromatic carbocycles. The standard InChI is InChI=1S/C25H24N2O4S/c1-27(2)32(29)21-8-4-17(5-9-21)18-3-7-20(26-15-18)14-24(28)25(11-12-25)19-6-10-22-23(13-19)31-16-30-22/h3-10,13,15H,11-12,14,16H2,1-2H3. The second-order valence-corrected chi connectivity index (χ2v) is 10.1. The van der Waals surface area contributed by atoms with E-state index in [9.17, 15) is 9.00 Å². The topological polar surface area (TPSA) is 68.7 Å². The first-order valence-electron chi connectivity index (χ1n) is 10.5. The molecule has 0 radical (unpaired) electrons. The van der Waals surface area contributed by atoms with E-state index >= 15 is 0 Å². The van der Waals surface area contributed by atoms with Crippen LogP contribution in [0.5, 0.6) is 11.5 Å². The first-order valence-corrected chi connectivity index (χ1v) is 11.6. The van der Waals surface area contributed by atoms with E-state index in [0.717, 1.165) is 45.9 Å². The van der Waals surface area contributed by atoms with Gasteiger partial charge in [-0.25, -0.2) is 8.51 Å². The van der Waals surface area contributed by atoms with Gasteiger partial charge in [-0.2, -0.15) is 0 Å². The minimum Gasteiger partial charge on any atom is -0.454 e. The van der Waals surface area contributed by atoms with Gasteiger partial charge in [-0.15, -0.1) is 0 Å². The molecule has 1 saturated carbocycles. The van der Waals surface area contributed by atoms with E-state index in [2.05, 4.69) is 4.98 Å². The van der Waals surface area contributed by atoms with Crippen LogP contribution in [0.2, 0.25) is 0 Å². The molecule has 0 amide bonds. The third-order valence-electron chi connectivity index (χ3n) is 6.10. The highest BCUT2D eigenvalue weighted by Gasteiger charge is 2.50. The zero-order valence-electron chi connectivity index (χ0n) is 18.0. The number of hydrogen-bond acceptors (Lipinski definition) is 5. The third-order valence-corrected chi connectivity index (χ3v) is 7.43. The van der Waals surface area contributed by atoms with Crippen LogP contribution in [0.4, 0.5) is 0 Å². The Morgan fingerprint density at radius 1 is 1.00 bits per heavy atom. The van der Waals surface area contributed by atoms with E-state index in [4.69, 9.17) is 9.47 Å². The van der Waals surface area contributed by atoms with Gasteiger partial charge in [-0.05, 0) is 68.4 Å². The molecule has 0 bridgehead atoms. The van der Waals surface area contributed by atoms with Crippen LogP contribution < -0.4 is 9.47 Å². The largest absolute Gasteiger partial charge is 0.454 e. The number of Topliss-reactive ketones (excluding diaryl/α,β-unsaturated/α-hetero) is 1. The van der Waals surface area contributed by atoms with E-state index in [1.807, 2.05) is 54.6 Å². The van der Waals surface area contributed by atoms with Gasteiger partial charge in [0.25, 0.3) is 0 Å². The van der Waals surface area contributed by atoms with Gasteiger partial charge in [0.1, 0.15) is 16.8 Å². The average Bonchev–Trinajstić information content (AvgIpc) is 3.50. The Labute approximate surface area is 189 Å². The maximum absolute atomic E-state index is 13.2. The summed E-state index contributed by atoms with van der Waals surface area (Å²) in [5, 5.41) is 0. The lowest BCUT2D eigenvalue weighted by Crippen LogP contribution is -2.22. The van der Waals surface area contributed by atoms with Crippen molar-refractivity contribution in [3.8, 4) is 22.6 Å². The molecule has 1 fully saturated rings. The van der Waals surface area contributed by atoms with E-state index in [-0.39, 0.29) is 12.6 Å². The van der Waals surface area contributed by atoms with Crippen molar-refractivity contribution in [3.05, 3.63) is 72.1 Å². The first kappa shape index (κ1) is 20.8. The minimum absolute atomic E-state index is 0.187. The highest BCUT2D eigenvalue weighted by molar-refractivity contribution is 7.82. The Hall–Kier alpha value is -3.03. The van der Waals surface area contributed by atoms with Crippen LogP contribution in [0.25, 0.3) is 11.1 Å². The van der Waals surface area contributed by atoms with Crippen LogP contribution in [0.15, 0.2) is 65.7 Å². The normalized spacial score (nSPS) is 16.7. The summed E-state index contributed by atoms with van der Waals surface area (Å²) in [5.41, 5.74) is 3.28. The summed E-state index contributed by atoms with van der Waals surface area (Å²) in [6.07, 6.45) is 3.80. The molecular weight excluding hydrogens is 424 g/mol. The summed E-state index contributed by atoms with van der Waals surface area (Å²) in [5.74, 6) is 1.63. The zero-order chi connectivity index (χ0) is 22.3. The third kappa shape index (κ3) is 3.82. The fourth-order valence-corrected chi connectivity index (χ4v) is 4.85. The number of pyridine rings is 1. The Bertz CT molecular complexity index is 1190. The van der Waals surface area contributed by atoms with Crippen molar-refractivity contribution in [1.29, 1.82) is 0 Å². The summed E-state index contributed by atoms with van der Waals surface area (Å²) in [4.78, 5) is 18.5. The molecule has 7 heteroatoms. The number of carbonyl (C=O) groups excluding carboxylic acids is 1. The molecule has 2 heterocycles. The molecule has 0 spiro atoms. The molecule has 164 valence electrons. The van der Waals surface area contributed by atoms with Gasteiger partial charge in [0.15, 0.2) is 11.5 Å². The molecular formula is C25H24N2O4S. The zero-order valence-corrected chi connectivity index (χ0v) is 18.9. The van der Waals surface area contributed by atoms with E-state index in [1.54, 1.807) is 24.6 Å². The molecule has 1 aromatic heterocycles. The molecule has 0 N–H and O–H groups in total. The number of rotatable bonds is 7. The fraction of sp³-hybridized carbons (Fsp3) is 0.280. The Morgan fingerprint density at radius 2 is 1.72 bits per heavy atom. The summed E-state index contributed by atoms with van der Waals surface area (Å²) < 4.78 is 24.7. The molecule has 5 rings (SSSR count). The molecule has 1 atom stereocenters. The van der Waals surface area contributed by atoms with Crippen LogP contribution in [-0.2, 0) is 27.6 Å². The first-order chi connectivity index (χ1) is 15.5. The highest BCUT2D eigenvalue weighted by Crippen LogP contribution is 2.51. The van der Waals surface area contributed by atoms with Gasteiger partial charge in [0.05, 0.1) is 10.3 Å². The Morgan fingerprint density at radius 3 is 2.38 bits per heavy atom. The van der Waals surface area contributed by atoms with Gasteiger partial charge in [0, 0.05) is 23.9 Å². The van der Waals surface area contributed by atoms with Crippen molar-refractivity contribution in [3.63, 3.8) is 0 Å². The summed E-state index contributed by atoms with van der Waals surface area (Å²) in [7, 11) is 2.40. The SMILES string of the molecule is CN(C)S(=O)c1ccc(-c2ccc(CC(=O)C3(c4ccc5c(c4)OCO5)CC3)nc2)cc1. The maximum Gasteiger partial charge on any atom is 0.231 e. The number of fused-ring (bicyclic) bond motifs is 1. The number of hydrogen-bond donors (Lipinski definition) is 0. The number of aromatic nitrogens is 1. The predicted octanol–water partition coefficient (Wildman–Crippen LogP) is 3.90. The van der Waals surface area contributed by atoms with Crippen LogP contribution in [0, 0.1) is 0 Å². The lowest BCUT2D eigenvalue weighted by atomic mass is 9.88. The Kier molecular flexibility index (Phi) is 5.31. The maximum atomic E-state index is 13.2. The van der Waals surface area contributed by atoms with Gasteiger partial charge >= 0.3 is 0 Å². The number of carbonyl (C=O) groups is 1.